The number of nitrogens with zero attached hydrogens (tertiary/aromatic N) is 1. The molecule has 0 saturated carbocycles. The van der Waals surface area contributed by atoms with Gasteiger partial charge < -0.3 is 19.7 Å². The standard InChI is InChI=1S/C19H22N2O2/c1-22-17-5-2-14(3-6-17)15-4-7-19-18(12-15)21-10-9-20-13-16(21)8-11-23-19/h2-7,12,16,20H,8-11,13H2,1H3/t16-/m0/s1. The lowest BCUT2D eigenvalue weighted by molar-refractivity contribution is 0.304. The highest BCUT2D eigenvalue weighted by Crippen LogP contribution is 2.37. The van der Waals surface area contributed by atoms with Crippen LogP contribution >= 0.6 is 0 Å². The molecule has 2 aliphatic heterocycles. The molecule has 1 N–H and O–H groups in total. The second-order valence-electron chi connectivity index (χ2n) is 6.10. The molecule has 1 fully saturated rings. The van der Waals surface area contributed by atoms with E-state index in [1.54, 1.807) is 7.11 Å². The summed E-state index contributed by atoms with van der Waals surface area (Å²) in [6, 6.07) is 15.3. The number of methoxy groups -OCH3 is 1. The van der Waals surface area contributed by atoms with Gasteiger partial charge >= 0.3 is 0 Å². The van der Waals surface area contributed by atoms with Crippen LogP contribution in [0.3, 0.4) is 0 Å². The quantitative estimate of drug-likeness (QED) is 0.925. The highest BCUT2D eigenvalue weighted by molar-refractivity contribution is 5.73. The molecule has 0 aliphatic carbocycles. The van der Waals surface area contributed by atoms with Crippen molar-refractivity contribution in [1.29, 1.82) is 0 Å². The van der Waals surface area contributed by atoms with Crippen molar-refractivity contribution in [3.05, 3.63) is 42.5 Å². The van der Waals surface area contributed by atoms with Crippen LogP contribution in [-0.2, 0) is 0 Å². The molecule has 2 aromatic rings. The van der Waals surface area contributed by atoms with Gasteiger partial charge in [0.2, 0.25) is 0 Å². The Hall–Kier alpha value is -2.20. The van der Waals surface area contributed by atoms with Crippen LogP contribution in [-0.4, -0.2) is 39.4 Å². The van der Waals surface area contributed by atoms with Crippen LogP contribution in [0.5, 0.6) is 11.5 Å². The van der Waals surface area contributed by atoms with Crippen molar-refractivity contribution < 1.29 is 9.47 Å². The van der Waals surface area contributed by atoms with Crippen molar-refractivity contribution in [2.24, 2.45) is 0 Å². The topological polar surface area (TPSA) is 33.7 Å². The van der Waals surface area contributed by atoms with E-state index in [9.17, 15) is 0 Å². The number of hydrogen-bond acceptors (Lipinski definition) is 4. The summed E-state index contributed by atoms with van der Waals surface area (Å²) in [4.78, 5) is 2.51. The van der Waals surface area contributed by atoms with Crippen LogP contribution in [0.1, 0.15) is 6.42 Å². The maximum absolute atomic E-state index is 5.98. The number of nitrogens with one attached hydrogen (secondary N) is 1. The van der Waals surface area contributed by atoms with Gasteiger partial charge in [0.15, 0.2) is 0 Å². The lowest BCUT2D eigenvalue weighted by Gasteiger charge is -2.36. The van der Waals surface area contributed by atoms with Crippen molar-refractivity contribution in [3.8, 4) is 22.6 Å². The fraction of sp³-hybridized carbons (Fsp3) is 0.368. The fourth-order valence-corrected chi connectivity index (χ4v) is 3.47. The van der Waals surface area contributed by atoms with E-state index < -0.39 is 0 Å². The smallest absolute Gasteiger partial charge is 0.142 e. The molecule has 1 saturated heterocycles. The first-order valence-electron chi connectivity index (χ1n) is 8.24. The number of ether oxygens (including phenoxy) is 2. The first-order chi connectivity index (χ1) is 11.3. The Bertz CT molecular complexity index is 684. The van der Waals surface area contributed by atoms with Crippen LogP contribution < -0.4 is 19.7 Å². The molecule has 4 rings (SSSR count). The summed E-state index contributed by atoms with van der Waals surface area (Å²) in [5.41, 5.74) is 3.64. The van der Waals surface area contributed by atoms with E-state index in [-0.39, 0.29) is 0 Å². The van der Waals surface area contributed by atoms with Crippen LogP contribution in [0.15, 0.2) is 42.5 Å². The molecule has 23 heavy (non-hydrogen) atoms. The van der Waals surface area contributed by atoms with Gasteiger partial charge in [0.25, 0.3) is 0 Å². The third-order valence-corrected chi connectivity index (χ3v) is 4.75. The van der Waals surface area contributed by atoms with Crippen LogP contribution in [0.2, 0.25) is 0 Å². The lowest BCUT2D eigenvalue weighted by atomic mass is 10.0. The Morgan fingerprint density at radius 2 is 1.96 bits per heavy atom. The average Bonchev–Trinajstić information content (AvgIpc) is 2.81. The van der Waals surface area contributed by atoms with E-state index in [0.717, 1.165) is 44.2 Å². The number of hydrogen-bond donors (Lipinski definition) is 1. The highest BCUT2D eigenvalue weighted by atomic mass is 16.5. The molecule has 2 aromatic carbocycles. The van der Waals surface area contributed by atoms with Gasteiger partial charge in [-0.25, -0.2) is 0 Å². The minimum atomic E-state index is 0.524. The maximum Gasteiger partial charge on any atom is 0.142 e. The Balaban J connectivity index is 1.72. The van der Waals surface area contributed by atoms with Crippen LogP contribution in [0, 0.1) is 0 Å². The molecule has 0 radical (unpaired) electrons. The number of benzene rings is 2. The molecule has 2 heterocycles. The second kappa shape index (κ2) is 6.13. The zero-order chi connectivity index (χ0) is 15.6. The Labute approximate surface area is 137 Å². The zero-order valence-electron chi connectivity index (χ0n) is 13.4. The van der Waals surface area contributed by atoms with E-state index >= 15 is 0 Å². The molecular formula is C19H22N2O2. The monoisotopic (exact) mass is 310 g/mol. The molecule has 0 spiro atoms. The van der Waals surface area contributed by atoms with Crippen molar-refractivity contribution >= 4 is 5.69 Å². The first kappa shape index (κ1) is 14.4. The van der Waals surface area contributed by atoms with Gasteiger partial charge in [0, 0.05) is 32.1 Å². The average molecular weight is 310 g/mol. The SMILES string of the molecule is COc1ccc(-c2ccc3c(c2)N2CCNC[C@@H]2CCO3)cc1. The number of fused-ring (bicyclic) bond motifs is 3. The van der Waals surface area contributed by atoms with E-state index in [2.05, 4.69) is 40.5 Å². The number of anilines is 1. The summed E-state index contributed by atoms with van der Waals surface area (Å²) in [6.07, 6.45) is 1.07. The summed E-state index contributed by atoms with van der Waals surface area (Å²) in [7, 11) is 1.69. The molecule has 4 heteroatoms. The molecule has 1 atom stereocenters. The zero-order valence-corrected chi connectivity index (χ0v) is 13.4. The Kier molecular flexibility index (Phi) is 3.83. The molecule has 0 bridgehead atoms. The minimum Gasteiger partial charge on any atom is -0.497 e. The van der Waals surface area contributed by atoms with Gasteiger partial charge in [-0.05, 0) is 35.4 Å². The fourth-order valence-electron chi connectivity index (χ4n) is 3.47. The van der Waals surface area contributed by atoms with Gasteiger partial charge in [-0.15, -0.1) is 0 Å². The molecule has 2 aliphatic rings. The third kappa shape index (κ3) is 2.75. The lowest BCUT2D eigenvalue weighted by Crippen LogP contribution is -2.51. The largest absolute Gasteiger partial charge is 0.497 e. The molecule has 0 aromatic heterocycles. The third-order valence-electron chi connectivity index (χ3n) is 4.75. The second-order valence-corrected chi connectivity index (χ2v) is 6.10. The number of rotatable bonds is 2. The summed E-state index contributed by atoms with van der Waals surface area (Å²) >= 11 is 0. The van der Waals surface area contributed by atoms with E-state index in [0.29, 0.717) is 6.04 Å². The van der Waals surface area contributed by atoms with Crippen LogP contribution in [0.4, 0.5) is 5.69 Å². The first-order valence-corrected chi connectivity index (χ1v) is 8.24. The Morgan fingerprint density at radius 1 is 1.13 bits per heavy atom. The molecule has 120 valence electrons. The minimum absolute atomic E-state index is 0.524. The summed E-state index contributed by atoms with van der Waals surface area (Å²) in [5, 5.41) is 3.49. The Morgan fingerprint density at radius 3 is 2.78 bits per heavy atom. The summed E-state index contributed by atoms with van der Waals surface area (Å²) in [6.45, 7) is 3.89. The normalized spacial score (nSPS) is 20.0. The van der Waals surface area contributed by atoms with Crippen molar-refractivity contribution in [1.82, 2.24) is 5.32 Å². The summed E-state index contributed by atoms with van der Waals surface area (Å²) in [5.74, 6) is 1.89. The van der Waals surface area contributed by atoms with Crippen molar-refractivity contribution in [2.45, 2.75) is 12.5 Å². The van der Waals surface area contributed by atoms with Gasteiger partial charge in [-0.1, -0.05) is 18.2 Å². The predicted molar refractivity (Wildman–Crippen MR) is 92.5 cm³/mol. The molecular weight excluding hydrogens is 288 g/mol. The van der Waals surface area contributed by atoms with Gasteiger partial charge in [-0.3, -0.25) is 0 Å². The van der Waals surface area contributed by atoms with Crippen molar-refractivity contribution in [2.75, 3.05) is 38.3 Å². The van der Waals surface area contributed by atoms with E-state index in [4.69, 9.17) is 9.47 Å². The number of piperazine rings is 1. The van der Waals surface area contributed by atoms with E-state index in [1.165, 1.54) is 16.8 Å². The van der Waals surface area contributed by atoms with Gasteiger partial charge in [0.1, 0.15) is 11.5 Å². The highest BCUT2D eigenvalue weighted by Gasteiger charge is 2.27. The molecule has 4 nitrogen and oxygen atoms in total. The molecule has 0 amide bonds. The predicted octanol–water partition coefficient (Wildman–Crippen LogP) is 2.92. The van der Waals surface area contributed by atoms with Gasteiger partial charge in [-0.2, -0.15) is 0 Å². The molecule has 0 unspecified atom stereocenters. The van der Waals surface area contributed by atoms with Gasteiger partial charge in [0.05, 0.1) is 19.4 Å². The van der Waals surface area contributed by atoms with Crippen molar-refractivity contribution in [3.63, 3.8) is 0 Å². The maximum atomic E-state index is 5.98. The van der Waals surface area contributed by atoms with E-state index in [1.807, 2.05) is 12.1 Å². The van der Waals surface area contributed by atoms with Crippen LogP contribution in [0.25, 0.3) is 11.1 Å². The summed E-state index contributed by atoms with van der Waals surface area (Å²) < 4.78 is 11.2.